The van der Waals surface area contributed by atoms with Gasteiger partial charge in [-0.05, 0) is 36.6 Å². The molecule has 1 aliphatic heterocycles. The van der Waals surface area contributed by atoms with Crippen molar-refractivity contribution in [3.05, 3.63) is 57.6 Å². The van der Waals surface area contributed by atoms with Crippen molar-refractivity contribution >= 4 is 29.2 Å². The van der Waals surface area contributed by atoms with Crippen LogP contribution in [0.1, 0.15) is 24.8 Å². The fraction of sp³-hybridized carbons (Fsp3) is 0.267. The van der Waals surface area contributed by atoms with Gasteiger partial charge >= 0.3 is 5.97 Å². The number of hydrogen-bond acceptors (Lipinski definition) is 2. The number of cyclic esters (lactones) is 1. The zero-order valence-corrected chi connectivity index (χ0v) is 12.1. The maximum atomic E-state index is 11.5. The molecule has 1 aromatic carbocycles. The van der Waals surface area contributed by atoms with Crippen molar-refractivity contribution in [2.24, 2.45) is 0 Å². The highest BCUT2D eigenvalue weighted by atomic mass is 35.5. The van der Waals surface area contributed by atoms with Crippen LogP contribution in [0.3, 0.4) is 0 Å². The fourth-order valence-corrected chi connectivity index (χ4v) is 2.53. The molecule has 1 aromatic rings. The van der Waals surface area contributed by atoms with Gasteiger partial charge in [0.15, 0.2) is 0 Å². The van der Waals surface area contributed by atoms with E-state index in [1.807, 2.05) is 18.2 Å². The van der Waals surface area contributed by atoms with Gasteiger partial charge in [0.25, 0.3) is 0 Å². The van der Waals surface area contributed by atoms with E-state index in [9.17, 15) is 4.79 Å². The molecule has 0 spiro atoms. The molecule has 2 rings (SSSR count). The number of rotatable bonds is 4. The maximum Gasteiger partial charge on any atom is 0.334 e. The van der Waals surface area contributed by atoms with Crippen molar-refractivity contribution in [2.75, 3.05) is 6.61 Å². The van der Waals surface area contributed by atoms with Crippen molar-refractivity contribution in [2.45, 2.75) is 19.3 Å². The Kier molecular flexibility index (Phi) is 4.33. The van der Waals surface area contributed by atoms with Crippen LogP contribution in [-0.2, 0) is 9.53 Å². The maximum absolute atomic E-state index is 11.5. The van der Waals surface area contributed by atoms with Crippen molar-refractivity contribution < 1.29 is 9.53 Å². The Balaban J connectivity index is 2.43. The average Bonchev–Trinajstić information content (AvgIpc) is 2.71. The zero-order chi connectivity index (χ0) is 14.0. The Morgan fingerprint density at radius 2 is 2.16 bits per heavy atom. The van der Waals surface area contributed by atoms with Crippen LogP contribution in [-0.4, -0.2) is 12.6 Å². The van der Waals surface area contributed by atoms with Crippen molar-refractivity contribution in [1.82, 2.24) is 0 Å². The number of esters is 1. The van der Waals surface area contributed by atoms with Crippen molar-refractivity contribution in [3.8, 4) is 0 Å². The van der Waals surface area contributed by atoms with Gasteiger partial charge in [-0.1, -0.05) is 35.3 Å². The van der Waals surface area contributed by atoms with Crippen LogP contribution in [0, 0.1) is 0 Å². The molecule has 100 valence electrons. The Bertz CT molecular complexity index is 561. The molecule has 0 amide bonds. The van der Waals surface area contributed by atoms with Crippen LogP contribution in [0.5, 0.6) is 0 Å². The molecule has 0 aromatic heterocycles. The number of carbonyl (C=O) groups excluding carboxylic acids is 1. The average molecular weight is 297 g/mol. The Morgan fingerprint density at radius 3 is 2.68 bits per heavy atom. The van der Waals surface area contributed by atoms with E-state index in [-0.39, 0.29) is 11.9 Å². The van der Waals surface area contributed by atoms with E-state index < -0.39 is 0 Å². The van der Waals surface area contributed by atoms with E-state index in [0.29, 0.717) is 22.2 Å². The summed E-state index contributed by atoms with van der Waals surface area (Å²) in [4.78, 5) is 11.5. The molecular formula is C15H14Cl2O2. The molecule has 0 saturated heterocycles. The number of carbonyl (C=O) groups is 1. The minimum atomic E-state index is -0.246. The lowest BCUT2D eigenvalue weighted by Crippen LogP contribution is -2.04. The van der Waals surface area contributed by atoms with E-state index in [2.05, 4.69) is 6.58 Å². The number of halogens is 2. The van der Waals surface area contributed by atoms with Crippen LogP contribution in [0.15, 0.2) is 42.0 Å². The molecule has 4 heteroatoms. The summed E-state index contributed by atoms with van der Waals surface area (Å²) in [6.45, 7) is 5.90. The molecule has 0 fully saturated rings. The van der Waals surface area contributed by atoms with Gasteiger partial charge in [-0.25, -0.2) is 4.79 Å². The van der Waals surface area contributed by atoms with Gasteiger partial charge in [0.05, 0.1) is 10.0 Å². The van der Waals surface area contributed by atoms with Gasteiger partial charge < -0.3 is 4.74 Å². The molecule has 0 radical (unpaired) electrons. The number of allylic oxidation sites excluding steroid dienone is 1. The number of hydrogen-bond donors (Lipinski definition) is 0. The van der Waals surface area contributed by atoms with Crippen LogP contribution < -0.4 is 0 Å². The van der Waals surface area contributed by atoms with Gasteiger partial charge in [-0.3, -0.25) is 0 Å². The number of ether oxygens (including phenoxy) is 1. The standard InChI is InChI=1S/C15H14Cl2O2/c1-3-4-11(12-8-19-15(18)9(12)2)10-5-6-13(16)14(17)7-10/h3,5-7,11H,1,4,8H2,2H3. The Hall–Kier alpha value is -1.25. The molecule has 1 unspecified atom stereocenters. The minimum absolute atomic E-state index is 0.0544. The lowest BCUT2D eigenvalue weighted by molar-refractivity contribution is -0.135. The molecule has 1 aliphatic rings. The molecule has 1 heterocycles. The lowest BCUT2D eigenvalue weighted by Gasteiger charge is -2.17. The van der Waals surface area contributed by atoms with Crippen molar-refractivity contribution in [3.63, 3.8) is 0 Å². The summed E-state index contributed by atoms with van der Waals surface area (Å²) in [6, 6.07) is 5.52. The zero-order valence-electron chi connectivity index (χ0n) is 10.6. The summed E-state index contributed by atoms with van der Waals surface area (Å²) < 4.78 is 5.07. The predicted octanol–water partition coefficient (Wildman–Crippen LogP) is 4.53. The van der Waals surface area contributed by atoms with Gasteiger partial charge in [0.2, 0.25) is 0 Å². The van der Waals surface area contributed by atoms with Gasteiger partial charge in [0, 0.05) is 11.5 Å². The van der Waals surface area contributed by atoms with Gasteiger partial charge in [-0.2, -0.15) is 0 Å². The molecule has 2 nitrogen and oxygen atoms in total. The van der Waals surface area contributed by atoms with Crippen LogP contribution in [0.4, 0.5) is 0 Å². The predicted molar refractivity (Wildman–Crippen MR) is 77.7 cm³/mol. The van der Waals surface area contributed by atoms with E-state index in [0.717, 1.165) is 17.6 Å². The van der Waals surface area contributed by atoms with Crippen molar-refractivity contribution in [1.29, 1.82) is 0 Å². The van der Waals surface area contributed by atoms with E-state index in [1.54, 1.807) is 13.0 Å². The summed E-state index contributed by atoms with van der Waals surface area (Å²) in [5.41, 5.74) is 2.68. The molecule has 0 saturated carbocycles. The van der Waals surface area contributed by atoms with E-state index in [1.165, 1.54) is 0 Å². The van der Waals surface area contributed by atoms with Crippen LogP contribution in [0.25, 0.3) is 0 Å². The summed E-state index contributed by atoms with van der Waals surface area (Å²) in [5.74, 6) is -0.192. The topological polar surface area (TPSA) is 26.3 Å². The third-order valence-corrected chi connectivity index (χ3v) is 4.05. The first-order valence-corrected chi connectivity index (χ1v) is 6.72. The SMILES string of the molecule is C=CCC(C1=C(C)C(=O)OC1)c1ccc(Cl)c(Cl)c1. The van der Waals surface area contributed by atoms with Gasteiger partial charge in [-0.15, -0.1) is 6.58 Å². The first kappa shape index (κ1) is 14.2. The molecule has 0 bridgehead atoms. The lowest BCUT2D eigenvalue weighted by atomic mass is 9.87. The minimum Gasteiger partial charge on any atom is -0.458 e. The highest BCUT2D eigenvalue weighted by Gasteiger charge is 2.27. The van der Waals surface area contributed by atoms with E-state index in [4.69, 9.17) is 27.9 Å². The molecule has 0 aliphatic carbocycles. The molecule has 1 atom stereocenters. The largest absolute Gasteiger partial charge is 0.458 e. The smallest absolute Gasteiger partial charge is 0.334 e. The van der Waals surface area contributed by atoms with Gasteiger partial charge in [0.1, 0.15) is 6.61 Å². The number of benzene rings is 1. The third-order valence-electron chi connectivity index (χ3n) is 3.32. The second kappa shape index (κ2) is 5.81. The summed E-state index contributed by atoms with van der Waals surface area (Å²) in [7, 11) is 0. The molecule has 19 heavy (non-hydrogen) atoms. The third kappa shape index (κ3) is 2.85. The second-order valence-corrected chi connectivity index (χ2v) is 5.29. The summed E-state index contributed by atoms with van der Waals surface area (Å²) in [6.07, 6.45) is 2.55. The highest BCUT2D eigenvalue weighted by Crippen LogP contribution is 2.36. The quantitative estimate of drug-likeness (QED) is 0.603. The van der Waals surface area contributed by atoms with Crippen LogP contribution >= 0.6 is 23.2 Å². The monoisotopic (exact) mass is 296 g/mol. The second-order valence-electron chi connectivity index (χ2n) is 4.48. The Morgan fingerprint density at radius 1 is 1.42 bits per heavy atom. The summed E-state index contributed by atoms with van der Waals surface area (Å²) in [5, 5.41) is 1.03. The first-order chi connectivity index (χ1) is 9.04. The Labute approximate surface area is 122 Å². The summed E-state index contributed by atoms with van der Waals surface area (Å²) >= 11 is 12.0. The normalized spacial score (nSPS) is 16.5. The first-order valence-electron chi connectivity index (χ1n) is 5.97. The highest BCUT2D eigenvalue weighted by molar-refractivity contribution is 6.42. The fourth-order valence-electron chi connectivity index (χ4n) is 2.23. The van der Waals surface area contributed by atoms with E-state index >= 15 is 0 Å². The molecular weight excluding hydrogens is 283 g/mol. The molecule has 0 N–H and O–H groups in total. The van der Waals surface area contributed by atoms with Crippen LogP contribution in [0.2, 0.25) is 10.0 Å².